The first-order chi connectivity index (χ1) is 13.9. The molecule has 0 unspecified atom stereocenters. The van der Waals surface area contributed by atoms with Gasteiger partial charge in [-0.1, -0.05) is 18.2 Å². The molecule has 0 radical (unpaired) electrons. The Bertz CT molecular complexity index is 896. The first-order valence-corrected chi connectivity index (χ1v) is 8.66. The molecule has 0 aliphatic heterocycles. The number of benzene rings is 2. The summed E-state index contributed by atoms with van der Waals surface area (Å²) >= 11 is 0. The molecule has 0 spiro atoms. The van der Waals surface area contributed by atoms with E-state index in [1.807, 2.05) is 0 Å². The van der Waals surface area contributed by atoms with Crippen molar-refractivity contribution in [2.24, 2.45) is 0 Å². The van der Waals surface area contributed by atoms with E-state index in [9.17, 15) is 18.8 Å². The molecule has 29 heavy (non-hydrogen) atoms. The van der Waals surface area contributed by atoms with Crippen LogP contribution in [0.25, 0.3) is 6.08 Å². The average molecular weight is 400 g/mol. The Kier molecular flexibility index (Phi) is 7.90. The van der Waals surface area contributed by atoms with Gasteiger partial charge in [0.1, 0.15) is 11.6 Å². The minimum absolute atomic E-state index is 0.245. The SMILES string of the molecule is COc1ccccc1/C=C/C(=O)OCC(=O)N(C)CC(=O)Nc1ccc(F)cc1. The van der Waals surface area contributed by atoms with Crippen LogP contribution in [0.15, 0.2) is 54.6 Å². The van der Waals surface area contributed by atoms with Crippen LogP contribution in [0.5, 0.6) is 5.75 Å². The van der Waals surface area contributed by atoms with E-state index in [4.69, 9.17) is 9.47 Å². The van der Waals surface area contributed by atoms with Gasteiger partial charge in [0.2, 0.25) is 5.91 Å². The fourth-order valence-electron chi connectivity index (χ4n) is 2.29. The Labute approximate surface area is 167 Å². The number of amides is 2. The smallest absolute Gasteiger partial charge is 0.331 e. The number of halogens is 1. The summed E-state index contributed by atoms with van der Waals surface area (Å²) in [6.45, 7) is -0.750. The zero-order valence-electron chi connectivity index (χ0n) is 16.1. The third-order valence-electron chi connectivity index (χ3n) is 3.81. The topological polar surface area (TPSA) is 84.9 Å². The van der Waals surface area contributed by atoms with E-state index >= 15 is 0 Å². The minimum atomic E-state index is -0.701. The molecular weight excluding hydrogens is 379 g/mol. The van der Waals surface area contributed by atoms with E-state index in [0.29, 0.717) is 17.0 Å². The van der Waals surface area contributed by atoms with Crippen molar-refractivity contribution in [3.63, 3.8) is 0 Å². The number of hydrogen-bond acceptors (Lipinski definition) is 5. The summed E-state index contributed by atoms with van der Waals surface area (Å²) in [5.74, 6) is -1.53. The second-order valence-corrected chi connectivity index (χ2v) is 5.99. The van der Waals surface area contributed by atoms with Gasteiger partial charge < -0.3 is 19.7 Å². The highest BCUT2D eigenvalue weighted by Crippen LogP contribution is 2.18. The van der Waals surface area contributed by atoms with Crippen molar-refractivity contribution in [3.05, 3.63) is 66.0 Å². The molecule has 0 aliphatic carbocycles. The fraction of sp³-hybridized carbons (Fsp3) is 0.190. The van der Waals surface area contributed by atoms with E-state index in [1.54, 1.807) is 24.3 Å². The van der Waals surface area contributed by atoms with Crippen molar-refractivity contribution in [3.8, 4) is 5.75 Å². The molecule has 1 N–H and O–H groups in total. The molecule has 0 heterocycles. The van der Waals surface area contributed by atoms with Gasteiger partial charge >= 0.3 is 5.97 Å². The van der Waals surface area contributed by atoms with Crippen molar-refractivity contribution in [2.75, 3.05) is 32.6 Å². The van der Waals surface area contributed by atoms with Crippen LogP contribution in [-0.4, -0.2) is 50.0 Å². The van der Waals surface area contributed by atoms with Gasteiger partial charge in [0, 0.05) is 24.4 Å². The van der Waals surface area contributed by atoms with Gasteiger partial charge in [-0.3, -0.25) is 9.59 Å². The zero-order valence-corrected chi connectivity index (χ0v) is 16.1. The zero-order chi connectivity index (χ0) is 21.2. The van der Waals surface area contributed by atoms with Crippen LogP contribution in [0.1, 0.15) is 5.56 Å². The normalized spacial score (nSPS) is 10.4. The molecule has 0 aliphatic rings. The van der Waals surface area contributed by atoms with E-state index in [-0.39, 0.29) is 6.54 Å². The molecule has 0 fully saturated rings. The lowest BCUT2D eigenvalue weighted by Gasteiger charge is -2.16. The van der Waals surface area contributed by atoms with Crippen LogP contribution < -0.4 is 10.1 Å². The largest absolute Gasteiger partial charge is 0.496 e. The van der Waals surface area contributed by atoms with Crippen LogP contribution in [-0.2, 0) is 19.1 Å². The van der Waals surface area contributed by atoms with E-state index in [0.717, 1.165) is 4.90 Å². The highest BCUT2D eigenvalue weighted by molar-refractivity contribution is 5.95. The van der Waals surface area contributed by atoms with Crippen molar-refractivity contribution >= 4 is 29.5 Å². The number of carbonyl (C=O) groups is 3. The first-order valence-electron chi connectivity index (χ1n) is 8.66. The second-order valence-electron chi connectivity index (χ2n) is 5.99. The standard InChI is InChI=1S/C21H21FN2O5/c1-24(13-19(25)23-17-10-8-16(22)9-11-17)20(26)14-29-21(27)12-7-15-5-3-4-6-18(15)28-2/h3-12H,13-14H2,1-2H3,(H,23,25)/b12-7+. The Balaban J connectivity index is 1.78. The second kappa shape index (κ2) is 10.6. The molecule has 2 rings (SSSR count). The summed E-state index contributed by atoms with van der Waals surface area (Å²) < 4.78 is 22.9. The molecule has 152 valence electrons. The number of anilines is 1. The van der Waals surface area contributed by atoms with E-state index in [2.05, 4.69) is 5.32 Å². The lowest BCUT2D eigenvalue weighted by Crippen LogP contribution is -2.37. The number of esters is 1. The van der Waals surface area contributed by atoms with Gasteiger partial charge in [-0.2, -0.15) is 0 Å². The molecule has 2 aromatic carbocycles. The lowest BCUT2D eigenvalue weighted by atomic mass is 10.2. The van der Waals surface area contributed by atoms with Crippen LogP contribution in [0.2, 0.25) is 0 Å². The average Bonchev–Trinajstić information content (AvgIpc) is 2.72. The summed E-state index contributed by atoms with van der Waals surface area (Å²) in [4.78, 5) is 36.9. The molecular formula is C21H21FN2O5. The summed E-state index contributed by atoms with van der Waals surface area (Å²) in [6, 6.07) is 12.3. The third kappa shape index (κ3) is 7.10. The molecule has 0 bridgehead atoms. The van der Waals surface area contributed by atoms with Gasteiger partial charge in [0.15, 0.2) is 6.61 Å². The Morgan fingerprint density at radius 1 is 1.10 bits per heavy atom. The monoisotopic (exact) mass is 400 g/mol. The van der Waals surface area contributed by atoms with E-state index in [1.165, 1.54) is 50.6 Å². The first kappa shape index (κ1) is 21.6. The van der Waals surface area contributed by atoms with Crippen molar-refractivity contribution in [2.45, 2.75) is 0 Å². The fourth-order valence-corrected chi connectivity index (χ4v) is 2.29. The van der Waals surface area contributed by atoms with E-state index < -0.39 is 30.2 Å². The van der Waals surface area contributed by atoms with Gasteiger partial charge in [-0.25, -0.2) is 9.18 Å². The summed E-state index contributed by atoms with van der Waals surface area (Å²) in [5.41, 5.74) is 1.10. The van der Waals surface area contributed by atoms with Crippen LogP contribution in [0, 0.1) is 5.82 Å². The Morgan fingerprint density at radius 2 is 1.79 bits per heavy atom. The van der Waals surface area contributed by atoms with Crippen molar-refractivity contribution in [1.82, 2.24) is 4.90 Å². The maximum atomic E-state index is 12.9. The quantitative estimate of drug-likeness (QED) is 0.544. The summed E-state index contributed by atoms with van der Waals surface area (Å²) in [5, 5.41) is 2.54. The Morgan fingerprint density at radius 3 is 2.48 bits per heavy atom. The Hall–Kier alpha value is -3.68. The van der Waals surface area contributed by atoms with Gasteiger partial charge in [-0.05, 0) is 36.4 Å². The van der Waals surface area contributed by atoms with Gasteiger partial charge in [-0.15, -0.1) is 0 Å². The number of methoxy groups -OCH3 is 1. The molecule has 8 heteroatoms. The number of para-hydroxylation sites is 1. The van der Waals surface area contributed by atoms with Gasteiger partial charge in [0.05, 0.1) is 13.7 Å². The molecule has 2 amide bonds. The maximum absolute atomic E-state index is 12.9. The molecule has 0 aromatic heterocycles. The third-order valence-corrected chi connectivity index (χ3v) is 3.81. The number of likely N-dealkylation sites (N-methyl/N-ethyl adjacent to an activating group) is 1. The molecule has 2 aromatic rings. The highest BCUT2D eigenvalue weighted by Gasteiger charge is 2.14. The maximum Gasteiger partial charge on any atom is 0.331 e. The predicted octanol–water partition coefficient (Wildman–Crippen LogP) is 2.49. The number of hydrogen-bond donors (Lipinski definition) is 1. The lowest BCUT2D eigenvalue weighted by molar-refractivity contribution is -0.148. The minimum Gasteiger partial charge on any atom is -0.496 e. The van der Waals surface area contributed by atoms with Crippen molar-refractivity contribution in [1.29, 1.82) is 0 Å². The summed E-state index contributed by atoms with van der Waals surface area (Å²) in [7, 11) is 2.93. The van der Waals surface area contributed by atoms with Crippen LogP contribution in [0.3, 0.4) is 0 Å². The van der Waals surface area contributed by atoms with Crippen LogP contribution in [0.4, 0.5) is 10.1 Å². The number of nitrogens with zero attached hydrogens (tertiary/aromatic N) is 1. The van der Waals surface area contributed by atoms with Crippen LogP contribution >= 0.6 is 0 Å². The predicted molar refractivity (Wildman–Crippen MR) is 106 cm³/mol. The van der Waals surface area contributed by atoms with Crippen molar-refractivity contribution < 1.29 is 28.2 Å². The molecule has 0 saturated heterocycles. The number of nitrogens with one attached hydrogen (secondary N) is 1. The molecule has 0 saturated carbocycles. The van der Waals surface area contributed by atoms with Gasteiger partial charge in [0.25, 0.3) is 5.91 Å². The summed E-state index contributed by atoms with van der Waals surface area (Å²) in [6.07, 6.45) is 2.71. The highest BCUT2D eigenvalue weighted by atomic mass is 19.1. The molecule has 0 atom stereocenters. The number of ether oxygens (including phenoxy) is 2. The molecule has 7 nitrogen and oxygen atoms in total. The number of rotatable bonds is 8. The number of carbonyl (C=O) groups excluding carboxylic acids is 3.